The maximum absolute atomic E-state index is 5.35. The molecule has 1 N–H and O–H groups in total. The molecule has 0 unspecified atom stereocenters. The van der Waals surface area contributed by atoms with E-state index in [1.165, 1.54) is 16.8 Å². The van der Waals surface area contributed by atoms with Crippen LogP contribution in [0.3, 0.4) is 0 Å². The smallest absolute Gasteiger partial charge is 0.246 e. The van der Waals surface area contributed by atoms with E-state index in [0.29, 0.717) is 12.0 Å². The van der Waals surface area contributed by atoms with E-state index in [1.54, 1.807) is 11.0 Å². The van der Waals surface area contributed by atoms with Crippen molar-refractivity contribution in [2.45, 2.75) is 19.9 Å². The summed E-state index contributed by atoms with van der Waals surface area (Å²) in [5.74, 6) is 0.599. The Morgan fingerprint density at radius 2 is 1.67 bits per heavy atom. The molecule has 2 aliphatic rings. The molecule has 2 aliphatic heterocycles. The fraction of sp³-hybridized carbons (Fsp3) is 0.391. The number of rotatable bonds is 5. The average molecular weight is 405 g/mol. The summed E-state index contributed by atoms with van der Waals surface area (Å²) in [6, 6.07) is 15.5. The van der Waals surface area contributed by atoms with E-state index in [-0.39, 0.29) is 0 Å². The molecule has 7 heteroatoms. The first-order valence-electron chi connectivity index (χ1n) is 10.6. The molecule has 1 aromatic heterocycles. The second kappa shape index (κ2) is 8.08. The second-order valence-electron chi connectivity index (χ2n) is 8.24. The van der Waals surface area contributed by atoms with Gasteiger partial charge in [-0.05, 0) is 49.7 Å². The average Bonchev–Trinajstić information content (AvgIpc) is 3.16. The lowest BCUT2D eigenvalue weighted by atomic mass is 10.1. The van der Waals surface area contributed by atoms with Crippen LogP contribution in [0.15, 0.2) is 48.8 Å². The summed E-state index contributed by atoms with van der Waals surface area (Å²) >= 11 is 0. The van der Waals surface area contributed by atoms with Crippen LogP contribution >= 0.6 is 0 Å². The number of hydrogen-bond donors (Lipinski definition) is 1. The number of hydrogen-bond acceptors (Lipinski definition) is 6. The Morgan fingerprint density at radius 1 is 0.900 bits per heavy atom. The molecule has 5 rings (SSSR count). The summed E-state index contributed by atoms with van der Waals surface area (Å²) in [5, 5.41) is 7.96. The van der Waals surface area contributed by atoms with Crippen molar-refractivity contribution in [3.05, 3.63) is 59.9 Å². The van der Waals surface area contributed by atoms with Crippen molar-refractivity contribution in [1.29, 1.82) is 0 Å². The van der Waals surface area contributed by atoms with Gasteiger partial charge < -0.3 is 15.0 Å². The van der Waals surface area contributed by atoms with Gasteiger partial charge in [-0.2, -0.15) is 4.98 Å². The van der Waals surface area contributed by atoms with E-state index in [2.05, 4.69) is 69.4 Å². The molecular formula is C23H28N6O. The van der Waals surface area contributed by atoms with E-state index in [9.17, 15) is 0 Å². The molecule has 2 fully saturated rings. The number of ether oxygens (including phenoxy) is 1. The third kappa shape index (κ3) is 4.04. The largest absolute Gasteiger partial charge is 0.378 e. The lowest BCUT2D eigenvalue weighted by Gasteiger charge is -2.43. The van der Waals surface area contributed by atoms with Crippen molar-refractivity contribution in [3.8, 4) is 5.69 Å². The van der Waals surface area contributed by atoms with Crippen LogP contribution in [-0.2, 0) is 4.74 Å². The zero-order chi connectivity index (χ0) is 20.5. The predicted molar refractivity (Wildman–Crippen MR) is 119 cm³/mol. The third-order valence-electron chi connectivity index (χ3n) is 5.92. The van der Waals surface area contributed by atoms with E-state index in [1.807, 2.05) is 12.1 Å². The summed E-state index contributed by atoms with van der Waals surface area (Å²) < 4.78 is 7.14. The first-order valence-corrected chi connectivity index (χ1v) is 10.6. The molecule has 30 heavy (non-hydrogen) atoms. The first kappa shape index (κ1) is 19.1. The quantitative estimate of drug-likeness (QED) is 0.705. The minimum absolute atomic E-state index is 0.599. The normalized spacial score (nSPS) is 17.7. The van der Waals surface area contributed by atoms with Gasteiger partial charge in [0.25, 0.3) is 0 Å². The van der Waals surface area contributed by atoms with Crippen molar-refractivity contribution in [2.24, 2.45) is 0 Å². The number of piperazine rings is 1. The number of benzene rings is 2. The highest BCUT2D eigenvalue weighted by Crippen LogP contribution is 2.26. The van der Waals surface area contributed by atoms with E-state index < -0.39 is 0 Å². The summed E-state index contributed by atoms with van der Waals surface area (Å²) in [6.07, 6.45) is 1.74. The molecule has 3 heterocycles. The van der Waals surface area contributed by atoms with E-state index >= 15 is 0 Å². The summed E-state index contributed by atoms with van der Waals surface area (Å²) in [5.41, 5.74) is 5.72. The predicted octanol–water partition coefficient (Wildman–Crippen LogP) is 3.15. The molecule has 0 saturated carbocycles. The Hall–Kier alpha value is -2.90. The maximum Gasteiger partial charge on any atom is 0.246 e. The summed E-state index contributed by atoms with van der Waals surface area (Å²) in [6.45, 7) is 10.3. The molecule has 156 valence electrons. The second-order valence-corrected chi connectivity index (χ2v) is 8.24. The number of aryl methyl sites for hydroxylation is 2. The molecule has 0 aliphatic carbocycles. The lowest BCUT2D eigenvalue weighted by Crippen LogP contribution is -2.56. The van der Waals surface area contributed by atoms with Crippen LogP contribution in [0.1, 0.15) is 11.1 Å². The van der Waals surface area contributed by atoms with Crippen LogP contribution in [0.2, 0.25) is 0 Å². The molecule has 0 radical (unpaired) electrons. The van der Waals surface area contributed by atoms with Gasteiger partial charge in [-0.1, -0.05) is 17.7 Å². The highest BCUT2D eigenvalue weighted by atomic mass is 16.5. The molecule has 3 aromatic rings. The van der Waals surface area contributed by atoms with Gasteiger partial charge in [0.05, 0.1) is 24.9 Å². The van der Waals surface area contributed by atoms with Crippen molar-refractivity contribution < 1.29 is 4.74 Å². The van der Waals surface area contributed by atoms with Gasteiger partial charge in [0.15, 0.2) is 0 Å². The van der Waals surface area contributed by atoms with Crippen molar-refractivity contribution in [3.63, 3.8) is 0 Å². The summed E-state index contributed by atoms with van der Waals surface area (Å²) in [7, 11) is 0. The molecule has 0 amide bonds. The number of nitrogens with one attached hydrogen (secondary N) is 1. The molecule has 2 saturated heterocycles. The Morgan fingerprint density at radius 3 is 2.37 bits per heavy atom. The standard InChI is InChI=1S/C23H28N6O/c1-17-3-5-20(6-4-17)29-16-24-23(26-29)25-19-11-18(2)12-21(13-19)27-7-9-28(10-8-27)22-14-30-15-22/h3-6,11-13,16,22H,7-10,14-15H2,1-2H3,(H,25,26). The van der Waals surface area contributed by atoms with E-state index in [0.717, 1.165) is 50.8 Å². The zero-order valence-electron chi connectivity index (χ0n) is 17.6. The van der Waals surface area contributed by atoms with Gasteiger partial charge >= 0.3 is 0 Å². The van der Waals surface area contributed by atoms with Gasteiger partial charge in [-0.15, -0.1) is 5.10 Å². The Kier molecular flexibility index (Phi) is 5.14. The monoisotopic (exact) mass is 404 g/mol. The number of nitrogens with zero attached hydrogens (tertiary/aromatic N) is 5. The van der Waals surface area contributed by atoms with Crippen molar-refractivity contribution >= 4 is 17.3 Å². The van der Waals surface area contributed by atoms with Crippen LogP contribution in [-0.4, -0.2) is 65.1 Å². The topological polar surface area (TPSA) is 58.5 Å². The van der Waals surface area contributed by atoms with Crippen LogP contribution < -0.4 is 10.2 Å². The van der Waals surface area contributed by atoms with Gasteiger partial charge in [0, 0.05) is 37.6 Å². The highest BCUT2D eigenvalue weighted by molar-refractivity contribution is 5.64. The van der Waals surface area contributed by atoms with Gasteiger partial charge in [-0.25, -0.2) is 4.68 Å². The van der Waals surface area contributed by atoms with Crippen LogP contribution in [0.25, 0.3) is 5.69 Å². The maximum atomic E-state index is 5.35. The van der Waals surface area contributed by atoms with Crippen LogP contribution in [0.4, 0.5) is 17.3 Å². The van der Waals surface area contributed by atoms with Crippen molar-refractivity contribution in [1.82, 2.24) is 19.7 Å². The first-order chi connectivity index (χ1) is 14.6. The Labute approximate surface area is 177 Å². The summed E-state index contributed by atoms with van der Waals surface area (Å²) in [4.78, 5) is 9.45. The zero-order valence-corrected chi connectivity index (χ0v) is 17.6. The SMILES string of the molecule is Cc1ccc(-n2cnc(Nc3cc(C)cc(N4CCN(C5COC5)CC4)c3)n2)cc1. The third-order valence-corrected chi connectivity index (χ3v) is 5.92. The number of aromatic nitrogens is 3. The van der Waals surface area contributed by atoms with Crippen LogP contribution in [0, 0.1) is 13.8 Å². The van der Waals surface area contributed by atoms with Gasteiger partial charge in [0.1, 0.15) is 6.33 Å². The molecule has 0 atom stereocenters. The lowest BCUT2D eigenvalue weighted by molar-refractivity contribution is -0.0660. The van der Waals surface area contributed by atoms with Crippen LogP contribution in [0.5, 0.6) is 0 Å². The van der Waals surface area contributed by atoms with Gasteiger partial charge in [-0.3, -0.25) is 4.90 Å². The van der Waals surface area contributed by atoms with Crippen molar-refractivity contribution in [2.75, 3.05) is 49.6 Å². The minimum atomic E-state index is 0.599. The molecule has 0 spiro atoms. The Bertz CT molecular complexity index is 1000. The molecule has 2 aromatic carbocycles. The number of anilines is 3. The fourth-order valence-corrected chi connectivity index (χ4v) is 4.07. The van der Waals surface area contributed by atoms with Gasteiger partial charge in [0.2, 0.25) is 5.95 Å². The molecule has 7 nitrogen and oxygen atoms in total. The Balaban J connectivity index is 1.28. The molecular weight excluding hydrogens is 376 g/mol. The highest BCUT2D eigenvalue weighted by Gasteiger charge is 2.29. The molecule has 0 bridgehead atoms. The van der Waals surface area contributed by atoms with E-state index in [4.69, 9.17) is 4.74 Å². The minimum Gasteiger partial charge on any atom is -0.378 e. The fourth-order valence-electron chi connectivity index (χ4n) is 4.07.